The maximum absolute atomic E-state index is 12.4. The molecule has 1 saturated carbocycles. The Morgan fingerprint density at radius 3 is 2.54 bits per heavy atom. The molecule has 5 rings (SSSR count). The molecule has 1 aliphatic heterocycles. The minimum absolute atomic E-state index is 0.0278. The van der Waals surface area contributed by atoms with Crippen LogP contribution in [-0.4, -0.2) is 61.2 Å². The lowest BCUT2D eigenvalue weighted by molar-refractivity contribution is 0.0920. The SMILES string of the molecule is COC[C@H](C)Oc1cc(Oc2ccc(S(=O)(=O)C3CC3)nc2)cc(-c2ccc(C3=CC[C@H](CO)N3)[nH]2)c1. The summed E-state index contributed by atoms with van der Waals surface area (Å²) in [6, 6.07) is 12.7. The number of aromatic nitrogens is 2. The minimum Gasteiger partial charge on any atom is -0.488 e. The molecule has 0 unspecified atom stereocenters. The van der Waals surface area contributed by atoms with Crippen LogP contribution < -0.4 is 14.8 Å². The molecular weight excluding hydrogens is 494 g/mol. The smallest absolute Gasteiger partial charge is 0.198 e. The van der Waals surface area contributed by atoms with E-state index < -0.39 is 9.84 Å². The van der Waals surface area contributed by atoms with Gasteiger partial charge in [0.05, 0.1) is 42.1 Å². The monoisotopic (exact) mass is 525 g/mol. The Morgan fingerprint density at radius 1 is 1.08 bits per heavy atom. The molecule has 0 bridgehead atoms. The second-order valence-corrected chi connectivity index (χ2v) is 11.6. The highest BCUT2D eigenvalue weighted by Crippen LogP contribution is 2.35. The molecule has 1 fully saturated rings. The van der Waals surface area contributed by atoms with Crippen molar-refractivity contribution in [2.24, 2.45) is 0 Å². The van der Waals surface area contributed by atoms with Crippen LogP contribution in [0.3, 0.4) is 0 Å². The van der Waals surface area contributed by atoms with E-state index in [-0.39, 0.29) is 29.0 Å². The average Bonchev–Trinajstić information content (AvgIpc) is 3.44. The van der Waals surface area contributed by atoms with Crippen molar-refractivity contribution in [3.8, 4) is 28.5 Å². The van der Waals surface area contributed by atoms with Crippen molar-refractivity contribution in [3.63, 3.8) is 0 Å². The number of nitrogens with zero attached hydrogens (tertiary/aromatic N) is 1. The highest BCUT2D eigenvalue weighted by molar-refractivity contribution is 7.92. The van der Waals surface area contributed by atoms with Gasteiger partial charge in [0.1, 0.15) is 23.4 Å². The van der Waals surface area contributed by atoms with Crippen molar-refractivity contribution in [2.45, 2.75) is 48.6 Å². The van der Waals surface area contributed by atoms with E-state index in [1.807, 2.05) is 31.2 Å². The first-order valence-electron chi connectivity index (χ1n) is 12.3. The van der Waals surface area contributed by atoms with E-state index in [0.29, 0.717) is 36.7 Å². The van der Waals surface area contributed by atoms with Crippen LogP contribution in [0.15, 0.2) is 59.8 Å². The molecule has 10 heteroatoms. The Hall–Kier alpha value is -3.34. The van der Waals surface area contributed by atoms with Crippen LogP contribution in [0, 0.1) is 0 Å². The van der Waals surface area contributed by atoms with E-state index >= 15 is 0 Å². The van der Waals surface area contributed by atoms with Gasteiger partial charge < -0.3 is 29.6 Å². The summed E-state index contributed by atoms with van der Waals surface area (Å²) >= 11 is 0. The zero-order valence-electron chi connectivity index (χ0n) is 20.8. The van der Waals surface area contributed by atoms with Gasteiger partial charge in [-0.3, -0.25) is 0 Å². The van der Waals surface area contributed by atoms with Gasteiger partial charge in [0, 0.05) is 24.4 Å². The molecule has 0 saturated heterocycles. The van der Waals surface area contributed by atoms with Crippen molar-refractivity contribution in [1.82, 2.24) is 15.3 Å². The molecule has 0 radical (unpaired) electrons. The summed E-state index contributed by atoms with van der Waals surface area (Å²) in [7, 11) is -1.74. The number of aliphatic hydroxyl groups is 1. The predicted octanol–water partition coefficient (Wildman–Crippen LogP) is 3.91. The van der Waals surface area contributed by atoms with Gasteiger partial charge in [0.2, 0.25) is 0 Å². The van der Waals surface area contributed by atoms with Crippen LogP contribution >= 0.6 is 0 Å². The van der Waals surface area contributed by atoms with Gasteiger partial charge >= 0.3 is 0 Å². The molecule has 3 N–H and O–H groups in total. The standard InChI is InChI=1S/C27H31N3O6S/c1-17(16-34-2)35-21-11-18(24-8-9-26(30-24)25-7-3-19(15-31)29-25)12-22(13-21)36-20-4-10-27(28-14-20)37(32,33)23-5-6-23/h4,7-14,17,19,23,29-31H,3,5-6,15-16H2,1-2H3/t17-,19+/m0/s1. The molecule has 3 aromatic rings. The van der Waals surface area contributed by atoms with Crippen LogP contribution in [0.25, 0.3) is 17.0 Å². The largest absolute Gasteiger partial charge is 0.488 e. The summed E-state index contributed by atoms with van der Waals surface area (Å²) in [5.74, 6) is 1.55. The molecule has 2 aliphatic rings. The fourth-order valence-corrected chi connectivity index (χ4v) is 5.82. The number of aliphatic hydroxyl groups excluding tert-OH is 1. The number of hydrogen-bond donors (Lipinski definition) is 3. The summed E-state index contributed by atoms with van der Waals surface area (Å²) in [5.41, 5.74) is 3.59. The number of H-pyrrole nitrogens is 1. The second kappa shape index (κ2) is 10.6. The van der Waals surface area contributed by atoms with E-state index in [9.17, 15) is 13.5 Å². The van der Waals surface area contributed by atoms with Gasteiger partial charge in [0.25, 0.3) is 0 Å². The molecule has 3 heterocycles. The van der Waals surface area contributed by atoms with Gasteiger partial charge in [0.15, 0.2) is 14.9 Å². The Morgan fingerprint density at radius 2 is 1.86 bits per heavy atom. The van der Waals surface area contributed by atoms with Crippen molar-refractivity contribution < 1.29 is 27.7 Å². The third-order valence-corrected chi connectivity index (χ3v) is 8.47. The Balaban J connectivity index is 1.40. The van der Waals surface area contributed by atoms with Crippen molar-refractivity contribution in [3.05, 3.63) is 60.4 Å². The van der Waals surface area contributed by atoms with E-state index in [4.69, 9.17) is 14.2 Å². The van der Waals surface area contributed by atoms with Crippen LogP contribution in [0.1, 0.15) is 31.9 Å². The van der Waals surface area contributed by atoms with Crippen LogP contribution in [0.5, 0.6) is 17.2 Å². The molecule has 9 nitrogen and oxygen atoms in total. The minimum atomic E-state index is -3.36. The summed E-state index contributed by atoms with van der Waals surface area (Å²) in [6.07, 6.45) is 5.47. The van der Waals surface area contributed by atoms with Crippen LogP contribution in [0.4, 0.5) is 0 Å². The first kappa shape index (κ1) is 25.3. The summed E-state index contributed by atoms with van der Waals surface area (Å²) < 4.78 is 42.2. The second-order valence-electron chi connectivity index (χ2n) is 9.42. The van der Waals surface area contributed by atoms with Gasteiger partial charge in [-0.2, -0.15) is 0 Å². The number of nitrogens with one attached hydrogen (secondary N) is 2. The number of pyridine rings is 1. The number of aromatic amines is 1. The lowest BCUT2D eigenvalue weighted by Crippen LogP contribution is -2.25. The Labute approximate surface area is 216 Å². The van der Waals surface area contributed by atoms with E-state index in [2.05, 4.69) is 21.4 Å². The molecule has 2 atom stereocenters. The molecule has 2 aromatic heterocycles. The number of sulfone groups is 1. The van der Waals surface area contributed by atoms with E-state index in [1.54, 1.807) is 19.2 Å². The number of methoxy groups -OCH3 is 1. The fraction of sp³-hybridized carbons (Fsp3) is 0.370. The summed E-state index contributed by atoms with van der Waals surface area (Å²) in [6.45, 7) is 2.43. The van der Waals surface area contributed by atoms with Crippen LogP contribution in [-0.2, 0) is 14.6 Å². The summed E-state index contributed by atoms with van der Waals surface area (Å²) in [5, 5.41) is 12.5. The highest BCUT2D eigenvalue weighted by atomic mass is 32.2. The summed E-state index contributed by atoms with van der Waals surface area (Å²) in [4.78, 5) is 7.57. The van der Waals surface area contributed by atoms with E-state index in [0.717, 1.165) is 29.1 Å². The van der Waals surface area contributed by atoms with Gasteiger partial charge in [-0.25, -0.2) is 13.4 Å². The first-order valence-corrected chi connectivity index (χ1v) is 13.9. The number of benzene rings is 1. The predicted molar refractivity (Wildman–Crippen MR) is 139 cm³/mol. The Bertz CT molecular complexity index is 1380. The van der Waals surface area contributed by atoms with Gasteiger partial charge in [-0.1, -0.05) is 6.08 Å². The third kappa shape index (κ3) is 5.82. The van der Waals surface area contributed by atoms with Crippen molar-refractivity contribution in [1.29, 1.82) is 0 Å². The molecule has 0 spiro atoms. The zero-order valence-corrected chi connectivity index (χ0v) is 21.6. The third-order valence-electron chi connectivity index (χ3n) is 6.29. The number of rotatable bonds is 11. The van der Waals surface area contributed by atoms with Crippen molar-refractivity contribution >= 4 is 15.5 Å². The van der Waals surface area contributed by atoms with E-state index in [1.165, 1.54) is 12.3 Å². The number of ether oxygens (including phenoxy) is 3. The molecule has 37 heavy (non-hydrogen) atoms. The molecule has 1 aromatic carbocycles. The topological polar surface area (TPSA) is 123 Å². The fourth-order valence-electron chi connectivity index (χ4n) is 4.26. The molecular formula is C27H31N3O6S. The first-order chi connectivity index (χ1) is 17.9. The Kier molecular flexibility index (Phi) is 7.23. The average molecular weight is 526 g/mol. The lowest BCUT2D eigenvalue weighted by Gasteiger charge is -2.16. The number of hydrogen-bond acceptors (Lipinski definition) is 8. The molecule has 196 valence electrons. The maximum atomic E-state index is 12.4. The van der Waals surface area contributed by atoms with Gasteiger partial charge in [-0.15, -0.1) is 0 Å². The quantitative estimate of drug-likeness (QED) is 0.344. The molecule has 1 aliphatic carbocycles. The maximum Gasteiger partial charge on any atom is 0.198 e. The highest BCUT2D eigenvalue weighted by Gasteiger charge is 2.37. The van der Waals surface area contributed by atoms with Gasteiger partial charge in [-0.05, 0) is 62.6 Å². The lowest BCUT2D eigenvalue weighted by atomic mass is 10.1. The van der Waals surface area contributed by atoms with Crippen molar-refractivity contribution in [2.75, 3.05) is 20.3 Å². The molecule has 0 amide bonds. The zero-order chi connectivity index (χ0) is 26.0. The van der Waals surface area contributed by atoms with Crippen LogP contribution in [0.2, 0.25) is 0 Å². The normalized spacial score (nSPS) is 18.2.